The van der Waals surface area contributed by atoms with Gasteiger partial charge in [0, 0.05) is 31.4 Å². The van der Waals surface area contributed by atoms with E-state index in [-0.39, 0.29) is 43.3 Å². The number of unbranched alkanes of at least 4 members (excludes halogenated alkanes) is 1. The summed E-state index contributed by atoms with van der Waals surface area (Å²) in [7, 11) is 1.51. The second-order valence-electron chi connectivity index (χ2n) is 9.75. The van der Waals surface area contributed by atoms with Crippen molar-refractivity contribution in [1.82, 2.24) is 5.32 Å². The van der Waals surface area contributed by atoms with Crippen molar-refractivity contribution in [2.45, 2.75) is 78.2 Å². The molecule has 1 heterocycles. The summed E-state index contributed by atoms with van der Waals surface area (Å²) < 4.78 is 29.9. The number of aliphatic hydroxyl groups is 1. The van der Waals surface area contributed by atoms with E-state index >= 15 is 0 Å². The second kappa shape index (κ2) is 14.6. The van der Waals surface area contributed by atoms with Crippen LogP contribution in [0.25, 0.3) is 0 Å². The Morgan fingerprint density at radius 1 is 1.10 bits per heavy atom. The number of carboxylic acids is 1. The molecule has 0 saturated carbocycles. The maximum atomic E-state index is 13.0. The number of carbonyl (C=O) groups excluding carboxylic acids is 2. The molecule has 0 saturated heterocycles. The number of methoxy groups -OCH3 is 1. The van der Waals surface area contributed by atoms with Gasteiger partial charge in [-0.1, -0.05) is 23.8 Å². The molecule has 216 valence electrons. The maximum Gasteiger partial charge on any atom is 0.311 e. The summed E-state index contributed by atoms with van der Waals surface area (Å²) in [5.41, 5.74) is 4.06. The largest absolute Gasteiger partial charge is 0.496 e. The van der Waals surface area contributed by atoms with Crippen LogP contribution in [-0.4, -0.2) is 35.2 Å². The smallest absolute Gasteiger partial charge is 0.311 e. The molecule has 1 aliphatic rings. The highest BCUT2D eigenvalue weighted by atomic mass is 19.1. The van der Waals surface area contributed by atoms with E-state index in [1.807, 2.05) is 19.9 Å². The van der Waals surface area contributed by atoms with Crippen molar-refractivity contribution in [3.8, 4) is 11.5 Å². The Kier molecular flexibility index (Phi) is 11.2. The molecule has 0 radical (unpaired) electrons. The number of aliphatic carboxylic acids is 1. The molecule has 2 aromatic carbocycles. The van der Waals surface area contributed by atoms with E-state index in [4.69, 9.17) is 19.3 Å². The monoisotopic (exact) mass is 557 g/mol. The van der Waals surface area contributed by atoms with Crippen LogP contribution in [0, 0.1) is 12.7 Å². The zero-order valence-corrected chi connectivity index (χ0v) is 23.0. The number of fused-ring (bicyclic) bond motifs is 1. The molecule has 1 aliphatic heterocycles. The first-order valence-corrected chi connectivity index (χ1v) is 13.2. The summed E-state index contributed by atoms with van der Waals surface area (Å²) in [5, 5.41) is 22.3. The van der Waals surface area contributed by atoms with Gasteiger partial charge in [0.05, 0.1) is 19.3 Å². The van der Waals surface area contributed by atoms with Gasteiger partial charge in [-0.3, -0.25) is 14.4 Å². The van der Waals surface area contributed by atoms with Crippen LogP contribution in [0.3, 0.4) is 0 Å². The summed E-state index contributed by atoms with van der Waals surface area (Å²) in [4.78, 5) is 35.9. The minimum absolute atomic E-state index is 0.00133. The summed E-state index contributed by atoms with van der Waals surface area (Å²) in [5.74, 6) is -1.23. The predicted octanol–water partition coefficient (Wildman–Crippen LogP) is 4.80. The van der Waals surface area contributed by atoms with E-state index in [1.165, 1.54) is 19.2 Å². The molecule has 0 bridgehead atoms. The summed E-state index contributed by atoms with van der Waals surface area (Å²) in [6.07, 6.45) is 2.42. The number of ether oxygens (including phenoxy) is 3. The Labute approximate surface area is 232 Å². The number of hydrogen-bond acceptors (Lipinski definition) is 7. The predicted molar refractivity (Wildman–Crippen MR) is 144 cm³/mol. The highest BCUT2D eigenvalue weighted by Crippen LogP contribution is 2.46. The summed E-state index contributed by atoms with van der Waals surface area (Å²) in [6.45, 7) is 4.11. The van der Waals surface area contributed by atoms with E-state index in [9.17, 15) is 23.9 Å². The molecule has 1 unspecified atom stereocenters. The number of halogens is 1. The lowest BCUT2D eigenvalue weighted by Crippen LogP contribution is -2.22. The number of carbonyl (C=O) groups is 3. The zero-order chi connectivity index (χ0) is 29.2. The molecule has 1 atom stereocenters. The molecular formula is C30H36FNO8. The number of allylic oxidation sites excluding steroid dienone is 2. The molecule has 0 spiro atoms. The average Bonchev–Trinajstić information content (AvgIpc) is 3.31. The van der Waals surface area contributed by atoms with Gasteiger partial charge in [-0.15, -0.1) is 0 Å². The molecule has 9 nitrogen and oxygen atoms in total. The molecular weight excluding hydrogens is 521 g/mol. The fraction of sp³-hybridized carbons (Fsp3) is 0.433. The quantitative estimate of drug-likeness (QED) is 0.131. The van der Waals surface area contributed by atoms with E-state index in [2.05, 4.69) is 5.32 Å². The minimum Gasteiger partial charge on any atom is -0.496 e. The van der Waals surface area contributed by atoms with Crippen molar-refractivity contribution in [2.24, 2.45) is 0 Å². The Hall–Kier alpha value is -3.76. The van der Waals surface area contributed by atoms with Crippen LogP contribution in [-0.2, 0) is 38.7 Å². The standard InChI is InChI=1S/C30H36FNO8/c1-18(9-15-25(34)35)8-14-22-28(38-3)19(2)23-17-39-30(37)27(23)29(22)40-26(36)7-5-4-6-24(33)32-16-20-10-12-21(31)13-11-20/h8,10-13,30,37H,4-7,9,14-17H2,1-3H3,(H,32,33)(H,34,35). The third kappa shape index (κ3) is 8.37. The van der Waals surface area contributed by atoms with Gasteiger partial charge < -0.3 is 29.7 Å². The Balaban J connectivity index is 1.64. The van der Waals surface area contributed by atoms with Crippen LogP contribution < -0.4 is 14.8 Å². The fourth-order valence-corrected chi connectivity index (χ4v) is 4.53. The normalized spacial score (nSPS) is 14.5. The van der Waals surface area contributed by atoms with E-state index < -0.39 is 18.2 Å². The van der Waals surface area contributed by atoms with Crippen LogP contribution >= 0.6 is 0 Å². The number of nitrogens with one attached hydrogen (secondary N) is 1. The van der Waals surface area contributed by atoms with Crippen LogP contribution in [0.5, 0.6) is 11.5 Å². The van der Waals surface area contributed by atoms with Crippen molar-refractivity contribution in [3.05, 3.63) is 69.5 Å². The molecule has 1 amide bonds. The highest BCUT2D eigenvalue weighted by Gasteiger charge is 2.33. The van der Waals surface area contributed by atoms with E-state index in [1.54, 1.807) is 12.1 Å². The van der Waals surface area contributed by atoms with Gasteiger partial charge >= 0.3 is 11.9 Å². The van der Waals surface area contributed by atoms with Crippen LogP contribution in [0.15, 0.2) is 35.9 Å². The SMILES string of the molecule is COc1c(C)c2c(c(OC(=O)CCCCC(=O)NCc3ccc(F)cc3)c1CC=C(C)CCC(=O)O)C(O)OC2. The third-order valence-corrected chi connectivity index (χ3v) is 6.79. The van der Waals surface area contributed by atoms with Crippen molar-refractivity contribution in [3.63, 3.8) is 0 Å². The molecule has 40 heavy (non-hydrogen) atoms. The first-order valence-electron chi connectivity index (χ1n) is 13.2. The van der Waals surface area contributed by atoms with Crippen molar-refractivity contribution >= 4 is 17.8 Å². The van der Waals surface area contributed by atoms with Crippen LogP contribution in [0.4, 0.5) is 4.39 Å². The fourth-order valence-electron chi connectivity index (χ4n) is 4.53. The molecule has 0 aromatic heterocycles. The van der Waals surface area contributed by atoms with Crippen LogP contribution in [0.2, 0.25) is 0 Å². The lowest BCUT2D eigenvalue weighted by Gasteiger charge is -2.20. The number of carboxylic acid groups (broad SMARTS) is 1. The van der Waals surface area contributed by atoms with Crippen LogP contribution in [0.1, 0.15) is 79.6 Å². The summed E-state index contributed by atoms with van der Waals surface area (Å²) >= 11 is 0. The van der Waals surface area contributed by atoms with Gasteiger partial charge in [-0.25, -0.2) is 4.39 Å². The number of esters is 1. The molecule has 10 heteroatoms. The van der Waals surface area contributed by atoms with E-state index in [0.29, 0.717) is 54.7 Å². The summed E-state index contributed by atoms with van der Waals surface area (Å²) in [6, 6.07) is 5.87. The molecule has 0 aliphatic carbocycles. The Morgan fingerprint density at radius 2 is 1.80 bits per heavy atom. The molecule has 3 N–H and O–H groups in total. The Bertz CT molecular complexity index is 1260. The topological polar surface area (TPSA) is 131 Å². The van der Waals surface area contributed by atoms with Gasteiger partial charge in [-0.05, 0) is 68.4 Å². The van der Waals surface area contributed by atoms with Gasteiger partial charge in [0.15, 0.2) is 6.29 Å². The number of aliphatic hydroxyl groups excluding tert-OH is 1. The number of benzene rings is 2. The zero-order valence-electron chi connectivity index (χ0n) is 23.0. The number of rotatable bonds is 14. The molecule has 2 aromatic rings. The van der Waals surface area contributed by atoms with Crippen molar-refractivity contribution in [1.29, 1.82) is 0 Å². The number of amides is 1. The van der Waals surface area contributed by atoms with Gasteiger partial charge in [-0.2, -0.15) is 0 Å². The average molecular weight is 558 g/mol. The molecule has 0 fully saturated rings. The van der Waals surface area contributed by atoms with Crippen molar-refractivity contribution in [2.75, 3.05) is 7.11 Å². The van der Waals surface area contributed by atoms with Crippen molar-refractivity contribution < 1.29 is 43.2 Å². The lowest BCUT2D eigenvalue weighted by molar-refractivity contribution is -0.137. The van der Waals surface area contributed by atoms with Gasteiger partial charge in [0.2, 0.25) is 5.91 Å². The van der Waals surface area contributed by atoms with Gasteiger partial charge in [0.25, 0.3) is 0 Å². The molecule has 3 rings (SSSR count). The second-order valence-corrected chi connectivity index (χ2v) is 9.75. The highest BCUT2D eigenvalue weighted by molar-refractivity contribution is 5.77. The first-order chi connectivity index (χ1) is 19.1. The maximum absolute atomic E-state index is 13.0. The Morgan fingerprint density at radius 3 is 2.48 bits per heavy atom. The van der Waals surface area contributed by atoms with E-state index in [0.717, 1.165) is 16.7 Å². The third-order valence-electron chi connectivity index (χ3n) is 6.79. The minimum atomic E-state index is -1.26. The first kappa shape index (κ1) is 30.8. The number of hydrogen-bond donors (Lipinski definition) is 3. The lowest BCUT2D eigenvalue weighted by atomic mass is 9.94. The van der Waals surface area contributed by atoms with Gasteiger partial charge in [0.1, 0.15) is 17.3 Å².